The number of hydrogen-bond acceptors (Lipinski definition) is 1. The van der Waals surface area contributed by atoms with Crippen molar-refractivity contribution in [3.05, 3.63) is 35.4 Å². The van der Waals surface area contributed by atoms with E-state index in [2.05, 4.69) is 50.4 Å². The highest BCUT2D eigenvalue weighted by atomic mass is 14.9. The normalized spacial score (nSPS) is 18.1. The maximum absolute atomic E-state index is 3.67. The zero-order valence-electron chi connectivity index (χ0n) is 12.8. The van der Waals surface area contributed by atoms with Gasteiger partial charge in [0.15, 0.2) is 0 Å². The lowest BCUT2D eigenvalue weighted by Gasteiger charge is -2.31. The molecule has 0 bridgehead atoms. The number of benzene rings is 1. The van der Waals surface area contributed by atoms with Crippen LogP contribution >= 0.6 is 0 Å². The molecule has 1 aromatic carbocycles. The molecule has 0 radical (unpaired) electrons. The van der Waals surface area contributed by atoms with Crippen LogP contribution in [0.3, 0.4) is 0 Å². The first kappa shape index (κ1) is 14.6. The summed E-state index contributed by atoms with van der Waals surface area (Å²) < 4.78 is 0. The monoisotopic (exact) mass is 259 g/mol. The number of rotatable bonds is 6. The van der Waals surface area contributed by atoms with Crippen molar-refractivity contribution in [2.75, 3.05) is 6.54 Å². The molecule has 1 aliphatic carbocycles. The van der Waals surface area contributed by atoms with E-state index in [4.69, 9.17) is 0 Å². The SMILES string of the molecule is CCCc1ccc(C2(CNC(C)C)CCCC2)cc1. The molecule has 106 valence electrons. The molecule has 0 aromatic heterocycles. The fraction of sp³-hybridized carbons (Fsp3) is 0.667. The molecule has 0 heterocycles. The van der Waals surface area contributed by atoms with E-state index in [1.807, 2.05) is 0 Å². The van der Waals surface area contributed by atoms with Gasteiger partial charge >= 0.3 is 0 Å². The molecular weight excluding hydrogens is 230 g/mol. The van der Waals surface area contributed by atoms with Crippen molar-refractivity contribution in [3.63, 3.8) is 0 Å². The van der Waals surface area contributed by atoms with E-state index in [1.165, 1.54) is 44.1 Å². The van der Waals surface area contributed by atoms with Gasteiger partial charge in [-0.05, 0) is 30.4 Å². The lowest BCUT2D eigenvalue weighted by Crippen LogP contribution is -2.39. The maximum Gasteiger partial charge on any atom is 0.00778 e. The Balaban J connectivity index is 2.13. The van der Waals surface area contributed by atoms with Gasteiger partial charge < -0.3 is 5.32 Å². The quantitative estimate of drug-likeness (QED) is 0.796. The first-order valence-electron chi connectivity index (χ1n) is 7.99. The third-order valence-electron chi connectivity index (χ3n) is 4.51. The molecule has 2 rings (SSSR count). The zero-order valence-corrected chi connectivity index (χ0v) is 12.8. The Morgan fingerprint density at radius 3 is 2.26 bits per heavy atom. The van der Waals surface area contributed by atoms with Crippen LogP contribution in [0, 0.1) is 0 Å². The topological polar surface area (TPSA) is 12.0 Å². The average molecular weight is 259 g/mol. The van der Waals surface area contributed by atoms with Gasteiger partial charge in [-0.3, -0.25) is 0 Å². The van der Waals surface area contributed by atoms with Crippen LogP contribution in [-0.4, -0.2) is 12.6 Å². The summed E-state index contributed by atoms with van der Waals surface area (Å²) in [6, 6.07) is 10.0. The molecule has 0 atom stereocenters. The van der Waals surface area contributed by atoms with Gasteiger partial charge in [0.05, 0.1) is 0 Å². The van der Waals surface area contributed by atoms with Gasteiger partial charge in [-0.2, -0.15) is 0 Å². The minimum Gasteiger partial charge on any atom is -0.314 e. The van der Waals surface area contributed by atoms with Gasteiger partial charge in [-0.1, -0.05) is 64.3 Å². The summed E-state index contributed by atoms with van der Waals surface area (Å²) in [6.07, 6.45) is 7.91. The van der Waals surface area contributed by atoms with Crippen molar-refractivity contribution in [3.8, 4) is 0 Å². The second-order valence-corrected chi connectivity index (χ2v) is 6.47. The van der Waals surface area contributed by atoms with Crippen molar-refractivity contribution >= 4 is 0 Å². The van der Waals surface area contributed by atoms with Crippen LogP contribution in [0.15, 0.2) is 24.3 Å². The van der Waals surface area contributed by atoms with Gasteiger partial charge in [-0.15, -0.1) is 0 Å². The van der Waals surface area contributed by atoms with E-state index in [0.717, 1.165) is 6.54 Å². The highest BCUT2D eigenvalue weighted by molar-refractivity contribution is 5.31. The first-order chi connectivity index (χ1) is 9.16. The molecule has 0 aliphatic heterocycles. The number of hydrogen-bond donors (Lipinski definition) is 1. The molecule has 1 aliphatic rings. The van der Waals surface area contributed by atoms with E-state index in [0.29, 0.717) is 11.5 Å². The largest absolute Gasteiger partial charge is 0.314 e. The summed E-state index contributed by atoms with van der Waals surface area (Å²) >= 11 is 0. The van der Waals surface area contributed by atoms with Crippen LogP contribution in [0.5, 0.6) is 0 Å². The second-order valence-electron chi connectivity index (χ2n) is 6.47. The maximum atomic E-state index is 3.67. The molecule has 0 unspecified atom stereocenters. The summed E-state index contributed by atoms with van der Waals surface area (Å²) in [7, 11) is 0. The molecule has 1 saturated carbocycles. The van der Waals surface area contributed by atoms with E-state index < -0.39 is 0 Å². The summed E-state index contributed by atoms with van der Waals surface area (Å²) in [5.74, 6) is 0. The lowest BCUT2D eigenvalue weighted by atomic mass is 9.78. The van der Waals surface area contributed by atoms with Gasteiger partial charge in [0.1, 0.15) is 0 Å². The van der Waals surface area contributed by atoms with Crippen LogP contribution in [0.4, 0.5) is 0 Å². The molecule has 1 fully saturated rings. The Labute approximate surface area is 118 Å². The Bertz CT molecular complexity index is 371. The van der Waals surface area contributed by atoms with Crippen molar-refractivity contribution in [2.24, 2.45) is 0 Å². The molecule has 0 amide bonds. The van der Waals surface area contributed by atoms with E-state index in [-0.39, 0.29) is 0 Å². The third-order valence-corrected chi connectivity index (χ3v) is 4.51. The summed E-state index contributed by atoms with van der Waals surface area (Å²) in [6.45, 7) is 7.87. The average Bonchev–Trinajstić information content (AvgIpc) is 2.88. The standard InChI is InChI=1S/C18H29N/c1-4-7-16-8-10-17(11-9-16)18(12-5-6-13-18)14-19-15(2)3/h8-11,15,19H,4-7,12-14H2,1-3H3. The zero-order chi connectivity index (χ0) is 13.7. The van der Waals surface area contributed by atoms with Crippen molar-refractivity contribution in [2.45, 2.75) is 70.8 Å². The lowest BCUT2D eigenvalue weighted by molar-refractivity contribution is 0.387. The summed E-state index contributed by atoms with van der Waals surface area (Å²) in [5.41, 5.74) is 3.43. The smallest absolute Gasteiger partial charge is 0.00778 e. The summed E-state index contributed by atoms with van der Waals surface area (Å²) in [4.78, 5) is 0. The molecular formula is C18H29N. The molecule has 0 spiro atoms. The minimum atomic E-state index is 0.398. The molecule has 1 nitrogen and oxygen atoms in total. The fourth-order valence-corrected chi connectivity index (χ4v) is 3.33. The van der Waals surface area contributed by atoms with Gasteiger partial charge in [0.25, 0.3) is 0 Å². The molecule has 1 N–H and O–H groups in total. The Kier molecular flexibility index (Phi) is 5.04. The fourth-order valence-electron chi connectivity index (χ4n) is 3.33. The van der Waals surface area contributed by atoms with Crippen LogP contribution in [-0.2, 0) is 11.8 Å². The summed E-state index contributed by atoms with van der Waals surface area (Å²) in [5, 5.41) is 3.67. The van der Waals surface area contributed by atoms with E-state index >= 15 is 0 Å². The number of aryl methyl sites for hydroxylation is 1. The first-order valence-corrected chi connectivity index (χ1v) is 7.99. The van der Waals surface area contributed by atoms with Crippen LogP contribution in [0.2, 0.25) is 0 Å². The van der Waals surface area contributed by atoms with Gasteiger partial charge in [0.2, 0.25) is 0 Å². The Hall–Kier alpha value is -0.820. The van der Waals surface area contributed by atoms with E-state index in [9.17, 15) is 0 Å². The molecule has 1 aromatic rings. The Morgan fingerprint density at radius 1 is 1.11 bits per heavy atom. The minimum absolute atomic E-state index is 0.398. The highest BCUT2D eigenvalue weighted by Crippen LogP contribution is 2.40. The second kappa shape index (κ2) is 6.56. The van der Waals surface area contributed by atoms with Crippen LogP contribution in [0.25, 0.3) is 0 Å². The Morgan fingerprint density at radius 2 is 1.74 bits per heavy atom. The highest BCUT2D eigenvalue weighted by Gasteiger charge is 2.35. The van der Waals surface area contributed by atoms with Gasteiger partial charge in [-0.25, -0.2) is 0 Å². The van der Waals surface area contributed by atoms with Crippen molar-refractivity contribution in [1.82, 2.24) is 5.32 Å². The third kappa shape index (κ3) is 3.60. The molecule has 1 heteroatoms. The molecule has 19 heavy (non-hydrogen) atoms. The van der Waals surface area contributed by atoms with Crippen molar-refractivity contribution in [1.29, 1.82) is 0 Å². The predicted octanol–water partition coefficient (Wildman–Crippen LogP) is 4.45. The van der Waals surface area contributed by atoms with E-state index in [1.54, 1.807) is 5.56 Å². The van der Waals surface area contributed by atoms with Gasteiger partial charge in [0, 0.05) is 18.0 Å². The van der Waals surface area contributed by atoms with Crippen LogP contribution < -0.4 is 5.32 Å². The van der Waals surface area contributed by atoms with Crippen LogP contribution in [0.1, 0.15) is 64.0 Å². The number of nitrogens with one attached hydrogen (secondary N) is 1. The predicted molar refractivity (Wildman–Crippen MR) is 83.7 cm³/mol. The van der Waals surface area contributed by atoms with Crippen molar-refractivity contribution < 1.29 is 0 Å². The molecule has 0 saturated heterocycles.